The molecule has 1 N–H and O–H groups in total. The maximum atomic E-state index is 8.53. The molecule has 23 heavy (non-hydrogen) atoms. The zero-order valence-corrected chi connectivity index (χ0v) is 14.5. The summed E-state index contributed by atoms with van der Waals surface area (Å²) in [5, 5.41) is 17.4. The number of nitriles is 1. The first-order valence-electron chi connectivity index (χ1n) is 7.97. The van der Waals surface area contributed by atoms with E-state index < -0.39 is 0 Å². The number of nitrogens with one attached hydrogen (secondary N) is 1. The van der Waals surface area contributed by atoms with Crippen molar-refractivity contribution in [1.29, 1.82) is 5.26 Å². The van der Waals surface area contributed by atoms with Crippen LogP contribution in [-0.4, -0.2) is 16.3 Å². The summed E-state index contributed by atoms with van der Waals surface area (Å²) in [6.45, 7) is 6.57. The summed E-state index contributed by atoms with van der Waals surface area (Å²) in [5.74, 6) is 0. The van der Waals surface area contributed by atoms with Crippen LogP contribution >= 0.6 is 11.6 Å². The van der Waals surface area contributed by atoms with Gasteiger partial charge in [-0.1, -0.05) is 29.8 Å². The van der Waals surface area contributed by atoms with Gasteiger partial charge >= 0.3 is 0 Å². The molecule has 0 atom stereocenters. The normalized spacial score (nSPS) is 10.7. The molecular weight excluding hydrogens is 308 g/mol. The Morgan fingerprint density at radius 1 is 1.26 bits per heavy atom. The number of benzene rings is 1. The first kappa shape index (κ1) is 17.5. The Morgan fingerprint density at radius 2 is 2.04 bits per heavy atom. The molecular formula is C18H23ClN4. The van der Waals surface area contributed by atoms with Gasteiger partial charge in [0.15, 0.2) is 0 Å². The third kappa shape index (κ3) is 4.82. The van der Waals surface area contributed by atoms with Gasteiger partial charge in [0.05, 0.1) is 18.3 Å². The van der Waals surface area contributed by atoms with Gasteiger partial charge in [0.1, 0.15) is 0 Å². The van der Waals surface area contributed by atoms with Crippen LogP contribution in [0.1, 0.15) is 41.8 Å². The second-order valence-corrected chi connectivity index (χ2v) is 6.10. The molecule has 0 fully saturated rings. The van der Waals surface area contributed by atoms with E-state index in [9.17, 15) is 0 Å². The van der Waals surface area contributed by atoms with Crippen molar-refractivity contribution in [1.82, 2.24) is 15.1 Å². The largest absolute Gasteiger partial charge is 0.313 e. The maximum absolute atomic E-state index is 8.53. The summed E-state index contributed by atoms with van der Waals surface area (Å²) in [6, 6.07) is 10.1. The Labute approximate surface area is 143 Å². The van der Waals surface area contributed by atoms with Crippen LogP contribution in [0.5, 0.6) is 0 Å². The zero-order chi connectivity index (χ0) is 16.7. The molecule has 0 aliphatic rings. The highest BCUT2D eigenvalue weighted by Crippen LogP contribution is 2.19. The monoisotopic (exact) mass is 330 g/mol. The number of halogens is 1. The van der Waals surface area contributed by atoms with Gasteiger partial charge in [-0.15, -0.1) is 0 Å². The third-order valence-electron chi connectivity index (χ3n) is 4.00. The van der Waals surface area contributed by atoms with E-state index in [2.05, 4.69) is 23.4 Å². The van der Waals surface area contributed by atoms with Crippen molar-refractivity contribution in [2.24, 2.45) is 0 Å². The molecule has 0 amide bonds. The van der Waals surface area contributed by atoms with Crippen LogP contribution in [0.25, 0.3) is 0 Å². The Kier molecular flexibility index (Phi) is 6.64. The molecule has 4 nitrogen and oxygen atoms in total. The van der Waals surface area contributed by atoms with E-state index in [1.54, 1.807) is 0 Å². The molecule has 5 heteroatoms. The van der Waals surface area contributed by atoms with Crippen molar-refractivity contribution < 1.29 is 0 Å². The van der Waals surface area contributed by atoms with Crippen molar-refractivity contribution in [2.45, 2.75) is 46.2 Å². The van der Waals surface area contributed by atoms with Gasteiger partial charge in [-0.05, 0) is 44.9 Å². The highest BCUT2D eigenvalue weighted by atomic mass is 35.5. The number of aryl methyl sites for hydroxylation is 1. The Bertz CT molecular complexity index is 685. The van der Waals surface area contributed by atoms with E-state index in [-0.39, 0.29) is 0 Å². The lowest BCUT2D eigenvalue weighted by Gasteiger charge is -2.08. The predicted octanol–water partition coefficient (Wildman–Crippen LogP) is 3.99. The van der Waals surface area contributed by atoms with Gasteiger partial charge in [-0.25, -0.2) is 0 Å². The summed E-state index contributed by atoms with van der Waals surface area (Å²) in [6.07, 6.45) is 2.61. The van der Waals surface area contributed by atoms with E-state index in [0.29, 0.717) is 13.0 Å². The van der Waals surface area contributed by atoms with E-state index in [0.717, 1.165) is 42.2 Å². The molecule has 0 bridgehead atoms. The maximum Gasteiger partial charge on any atom is 0.0677 e. The molecule has 2 rings (SSSR count). The lowest BCUT2D eigenvalue weighted by atomic mass is 10.2. The fourth-order valence-corrected chi connectivity index (χ4v) is 2.79. The number of rotatable bonds is 8. The summed E-state index contributed by atoms with van der Waals surface area (Å²) < 4.78 is 2.02. The average Bonchev–Trinajstić information content (AvgIpc) is 2.80. The molecule has 1 heterocycles. The SMILES string of the molecule is Cc1nn(Cc2ccccc2Cl)c(C)c1CNCCCCC#N. The molecule has 0 spiro atoms. The molecule has 0 saturated heterocycles. The fraction of sp³-hybridized carbons (Fsp3) is 0.444. The molecule has 0 aliphatic carbocycles. The van der Waals surface area contributed by atoms with Gasteiger partial charge in [0.2, 0.25) is 0 Å². The molecule has 1 aromatic heterocycles. The second-order valence-electron chi connectivity index (χ2n) is 5.69. The lowest BCUT2D eigenvalue weighted by molar-refractivity contribution is 0.623. The number of unbranched alkanes of at least 4 members (excludes halogenated alkanes) is 2. The zero-order valence-electron chi connectivity index (χ0n) is 13.8. The van der Waals surface area contributed by atoms with Gasteiger partial charge in [-0.3, -0.25) is 4.68 Å². The smallest absolute Gasteiger partial charge is 0.0677 e. The van der Waals surface area contributed by atoms with Gasteiger partial charge in [-0.2, -0.15) is 10.4 Å². The number of nitrogens with zero attached hydrogens (tertiary/aromatic N) is 3. The third-order valence-corrected chi connectivity index (χ3v) is 4.37. The standard InChI is InChI=1S/C18H23ClN4/c1-14-17(12-21-11-7-3-6-10-20)15(2)23(22-14)13-16-8-4-5-9-18(16)19/h4-5,8-9,21H,3,6-7,11-13H2,1-2H3. The minimum Gasteiger partial charge on any atom is -0.313 e. The topological polar surface area (TPSA) is 53.6 Å². The van der Waals surface area contributed by atoms with Gasteiger partial charge < -0.3 is 5.32 Å². The fourth-order valence-electron chi connectivity index (χ4n) is 2.60. The van der Waals surface area contributed by atoms with Crippen LogP contribution in [0, 0.1) is 25.2 Å². The van der Waals surface area contributed by atoms with Gasteiger partial charge in [0.25, 0.3) is 0 Å². The van der Waals surface area contributed by atoms with E-state index in [1.165, 1.54) is 11.3 Å². The Hall–Kier alpha value is -1.83. The summed E-state index contributed by atoms with van der Waals surface area (Å²) >= 11 is 6.24. The van der Waals surface area contributed by atoms with Gasteiger partial charge in [0, 0.05) is 29.2 Å². The summed E-state index contributed by atoms with van der Waals surface area (Å²) in [5.41, 5.74) is 4.55. The Balaban J connectivity index is 1.97. The Morgan fingerprint density at radius 3 is 2.78 bits per heavy atom. The minimum absolute atomic E-state index is 0.634. The average molecular weight is 331 g/mol. The van der Waals surface area contributed by atoms with Crippen LogP contribution in [0.15, 0.2) is 24.3 Å². The van der Waals surface area contributed by atoms with E-state index >= 15 is 0 Å². The first-order chi connectivity index (χ1) is 11.1. The molecule has 1 aromatic carbocycles. The molecule has 122 valence electrons. The van der Waals surface area contributed by atoms with E-state index in [1.807, 2.05) is 35.9 Å². The van der Waals surface area contributed by atoms with Crippen LogP contribution in [-0.2, 0) is 13.1 Å². The number of hydrogen-bond acceptors (Lipinski definition) is 3. The highest BCUT2D eigenvalue weighted by molar-refractivity contribution is 6.31. The number of aromatic nitrogens is 2. The molecule has 0 unspecified atom stereocenters. The van der Waals surface area contributed by atoms with Crippen LogP contribution in [0.4, 0.5) is 0 Å². The molecule has 0 saturated carbocycles. The minimum atomic E-state index is 0.634. The van der Waals surface area contributed by atoms with Crippen molar-refractivity contribution in [3.05, 3.63) is 51.8 Å². The summed E-state index contributed by atoms with van der Waals surface area (Å²) in [4.78, 5) is 0. The van der Waals surface area contributed by atoms with Crippen LogP contribution in [0.2, 0.25) is 5.02 Å². The molecule has 0 radical (unpaired) electrons. The molecule has 2 aromatic rings. The van der Waals surface area contributed by atoms with Crippen molar-refractivity contribution in [3.8, 4) is 6.07 Å². The van der Waals surface area contributed by atoms with Crippen LogP contribution < -0.4 is 5.32 Å². The quantitative estimate of drug-likeness (QED) is 0.745. The first-order valence-corrected chi connectivity index (χ1v) is 8.35. The van der Waals surface area contributed by atoms with Crippen molar-refractivity contribution in [2.75, 3.05) is 6.54 Å². The van der Waals surface area contributed by atoms with Crippen molar-refractivity contribution in [3.63, 3.8) is 0 Å². The second kappa shape index (κ2) is 8.71. The molecule has 0 aliphatic heterocycles. The lowest BCUT2D eigenvalue weighted by Crippen LogP contribution is -2.16. The van der Waals surface area contributed by atoms with Crippen LogP contribution in [0.3, 0.4) is 0 Å². The number of hydrogen-bond donors (Lipinski definition) is 1. The van der Waals surface area contributed by atoms with Crippen molar-refractivity contribution >= 4 is 11.6 Å². The predicted molar refractivity (Wildman–Crippen MR) is 93.4 cm³/mol. The summed E-state index contributed by atoms with van der Waals surface area (Å²) in [7, 11) is 0. The highest BCUT2D eigenvalue weighted by Gasteiger charge is 2.12. The van der Waals surface area contributed by atoms with E-state index in [4.69, 9.17) is 16.9 Å².